The molecule has 0 aliphatic rings. The van der Waals surface area contributed by atoms with Gasteiger partial charge in [0.15, 0.2) is 0 Å². The molecule has 0 saturated heterocycles. The van der Waals surface area contributed by atoms with Gasteiger partial charge in [-0.2, -0.15) is 0 Å². The average Bonchev–Trinajstić information content (AvgIpc) is 2.62. The Labute approximate surface area is 158 Å². The van der Waals surface area contributed by atoms with Crippen molar-refractivity contribution in [2.75, 3.05) is 0 Å². The largest absolute Gasteiger partial charge is 0.0910 e. The predicted octanol–water partition coefficient (Wildman–Crippen LogP) is 8.73. The summed E-state index contributed by atoms with van der Waals surface area (Å²) in [7, 11) is 0. The molecule has 0 heterocycles. The Balaban J connectivity index is 5.80. The molecule has 0 rings (SSSR count). The van der Waals surface area contributed by atoms with Gasteiger partial charge in [0.1, 0.15) is 0 Å². The van der Waals surface area contributed by atoms with Crippen LogP contribution in [0.25, 0.3) is 0 Å². The molecule has 25 heavy (non-hydrogen) atoms. The summed E-state index contributed by atoms with van der Waals surface area (Å²) in [4.78, 5) is 0. The van der Waals surface area contributed by atoms with E-state index in [9.17, 15) is 0 Å². The highest BCUT2D eigenvalue weighted by atomic mass is 14.2. The average molecular weight is 343 g/mol. The zero-order chi connectivity index (χ0) is 18.8. The van der Waals surface area contributed by atoms with Gasteiger partial charge in [0.25, 0.3) is 0 Å². The maximum atomic E-state index is 2.39. The number of allylic oxidation sites excluding steroid dienone is 10. The van der Waals surface area contributed by atoms with Crippen LogP contribution in [0.3, 0.4) is 0 Å². The Hall–Kier alpha value is -1.30. The molecule has 0 fully saturated rings. The van der Waals surface area contributed by atoms with Crippen LogP contribution in [0.15, 0.2) is 59.8 Å². The van der Waals surface area contributed by atoms with Crippen LogP contribution in [0.2, 0.25) is 0 Å². The molecule has 0 spiro atoms. The highest BCUT2D eigenvalue weighted by Gasteiger charge is 2.11. The third-order valence-corrected chi connectivity index (χ3v) is 4.33. The summed E-state index contributed by atoms with van der Waals surface area (Å²) >= 11 is 0. The van der Waals surface area contributed by atoms with E-state index in [2.05, 4.69) is 83.2 Å². The van der Waals surface area contributed by atoms with Crippen LogP contribution in [0, 0.1) is 5.92 Å². The van der Waals surface area contributed by atoms with Crippen molar-refractivity contribution in [2.24, 2.45) is 5.92 Å². The maximum absolute atomic E-state index is 2.39. The van der Waals surface area contributed by atoms with E-state index in [0.29, 0.717) is 5.92 Å². The van der Waals surface area contributed by atoms with E-state index in [1.54, 1.807) is 0 Å². The normalized spacial score (nSPS) is 15.1. The highest BCUT2D eigenvalue weighted by molar-refractivity contribution is 5.43. The molecule has 142 valence electrons. The highest BCUT2D eigenvalue weighted by Crippen LogP contribution is 2.26. The smallest absolute Gasteiger partial charge is 0.00236 e. The minimum atomic E-state index is 0.518. The quantitative estimate of drug-likeness (QED) is 0.168. The molecule has 0 bridgehead atoms. The topological polar surface area (TPSA) is 0 Å². The Bertz CT molecular complexity index is 443. The van der Waals surface area contributed by atoms with Crippen molar-refractivity contribution in [2.45, 2.75) is 92.4 Å². The molecule has 0 N–H and O–H groups in total. The van der Waals surface area contributed by atoms with Crippen molar-refractivity contribution in [1.82, 2.24) is 0 Å². The van der Waals surface area contributed by atoms with Crippen LogP contribution in [0.5, 0.6) is 0 Å². The fourth-order valence-corrected chi connectivity index (χ4v) is 2.85. The molecular formula is C25H42. The lowest BCUT2D eigenvalue weighted by molar-refractivity contribution is 0.624. The van der Waals surface area contributed by atoms with E-state index in [1.807, 2.05) is 0 Å². The minimum Gasteiger partial charge on any atom is -0.0910 e. The summed E-state index contributed by atoms with van der Waals surface area (Å²) in [6, 6.07) is 0. The summed E-state index contributed by atoms with van der Waals surface area (Å²) in [6.45, 7) is 11.1. The first-order valence-corrected chi connectivity index (χ1v) is 10.6. The second-order valence-corrected chi connectivity index (χ2v) is 6.73. The fraction of sp³-hybridized carbons (Fsp3) is 0.600. The lowest BCUT2D eigenvalue weighted by Gasteiger charge is -2.17. The zero-order valence-corrected chi connectivity index (χ0v) is 17.6. The summed E-state index contributed by atoms with van der Waals surface area (Å²) in [6.07, 6.45) is 29.6. The first-order valence-electron chi connectivity index (χ1n) is 10.6. The van der Waals surface area contributed by atoms with Crippen LogP contribution in [0.1, 0.15) is 92.4 Å². The molecule has 0 heteroatoms. The van der Waals surface area contributed by atoms with Gasteiger partial charge in [-0.1, -0.05) is 108 Å². The molecule has 0 aromatic carbocycles. The second-order valence-electron chi connectivity index (χ2n) is 6.73. The predicted molar refractivity (Wildman–Crippen MR) is 117 cm³/mol. The van der Waals surface area contributed by atoms with Gasteiger partial charge in [0.2, 0.25) is 0 Å². The molecule has 0 nitrogen and oxygen atoms in total. The minimum absolute atomic E-state index is 0.518. The molecule has 1 unspecified atom stereocenters. The molecule has 0 aliphatic heterocycles. The molecule has 0 aromatic heterocycles. The molecule has 0 saturated carbocycles. The Kier molecular flexibility index (Phi) is 16.6. The van der Waals surface area contributed by atoms with Gasteiger partial charge in [0.05, 0.1) is 0 Å². The van der Waals surface area contributed by atoms with Crippen molar-refractivity contribution < 1.29 is 0 Å². The summed E-state index contributed by atoms with van der Waals surface area (Å²) in [5, 5.41) is 0. The monoisotopic (exact) mass is 342 g/mol. The number of rotatable bonds is 14. The number of unbranched alkanes of at least 4 members (excludes halogenated alkanes) is 4. The van der Waals surface area contributed by atoms with Crippen LogP contribution in [0.4, 0.5) is 0 Å². The Morgan fingerprint density at radius 2 is 1.44 bits per heavy atom. The Morgan fingerprint density at radius 1 is 0.760 bits per heavy atom. The molecule has 1 atom stereocenters. The van der Waals surface area contributed by atoms with Gasteiger partial charge in [-0.05, 0) is 43.8 Å². The molecule has 0 amide bonds. The van der Waals surface area contributed by atoms with Crippen molar-refractivity contribution in [3.63, 3.8) is 0 Å². The molecule has 0 aromatic rings. The van der Waals surface area contributed by atoms with E-state index in [4.69, 9.17) is 0 Å². The van der Waals surface area contributed by atoms with E-state index < -0.39 is 0 Å². The second kappa shape index (κ2) is 17.5. The van der Waals surface area contributed by atoms with Gasteiger partial charge in [-0.25, -0.2) is 0 Å². The van der Waals surface area contributed by atoms with E-state index in [0.717, 1.165) is 12.8 Å². The van der Waals surface area contributed by atoms with Crippen molar-refractivity contribution in [1.29, 1.82) is 0 Å². The number of hydrogen-bond donors (Lipinski definition) is 0. The summed E-state index contributed by atoms with van der Waals surface area (Å²) < 4.78 is 0. The van der Waals surface area contributed by atoms with Gasteiger partial charge >= 0.3 is 0 Å². The lowest BCUT2D eigenvalue weighted by atomic mass is 9.88. The Morgan fingerprint density at radius 3 is 2.00 bits per heavy atom. The first kappa shape index (κ1) is 23.7. The zero-order valence-electron chi connectivity index (χ0n) is 17.6. The fourth-order valence-electron chi connectivity index (χ4n) is 2.85. The van der Waals surface area contributed by atoms with Crippen molar-refractivity contribution in [3.05, 3.63) is 59.8 Å². The molecule has 0 aliphatic carbocycles. The van der Waals surface area contributed by atoms with Gasteiger partial charge < -0.3 is 0 Å². The van der Waals surface area contributed by atoms with Gasteiger partial charge in [-0.15, -0.1) is 0 Å². The maximum Gasteiger partial charge on any atom is 0.00236 e. The third kappa shape index (κ3) is 11.8. The van der Waals surface area contributed by atoms with Crippen LogP contribution < -0.4 is 0 Å². The van der Waals surface area contributed by atoms with Gasteiger partial charge in [0, 0.05) is 5.92 Å². The van der Waals surface area contributed by atoms with Gasteiger partial charge in [-0.3, -0.25) is 0 Å². The standard InChI is InChI=1S/C25H42/c1-6-11-15-17-21-24(20-16-12-7-2)25(22-14-9-4)23(18-10-5)19-13-8-3/h10,14,16-18,20-23H,6-9,11-13,15,19H2,1-5H3. The third-order valence-electron chi connectivity index (χ3n) is 4.33. The van der Waals surface area contributed by atoms with E-state index >= 15 is 0 Å². The van der Waals surface area contributed by atoms with Crippen LogP contribution in [-0.4, -0.2) is 0 Å². The van der Waals surface area contributed by atoms with Crippen molar-refractivity contribution in [3.8, 4) is 0 Å². The lowest BCUT2D eigenvalue weighted by Crippen LogP contribution is -2.02. The SMILES string of the molecule is CC=CC(CCCC)C(C=CCC)=C(C=CCCC)C=CCCCC. The van der Waals surface area contributed by atoms with E-state index in [1.165, 1.54) is 56.1 Å². The number of hydrogen-bond acceptors (Lipinski definition) is 0. The first-order chi connectivity index (χ1) is 12.2. The van der Waals surface area contributed by atoms with Crippen molar-refractivity contribution >= 4 is 0 Å². The van der Waals surface area contributed by atoms with E-state index in [-0.39, 0.29) is 0 Å². The summed E-state index contributed by atoms with van der Waals surface area (Å²) in [5.74, 6) is 0.518. The molecule has 0 radical (unpaired) electrons. The van der Waals surface area contributed by atoms with Crippen LogP contribution >= 0.6 is 0 Å². The van der Waals surface area contributed by atoms with Crippen LogP contribution in [-0.2, 0) is 0 Å². The molecular weight excluding hydrogens is 300 g/mol. The summed E-state index contributed by atoms with van der Waals surface area (Å²) in [5.41, 5.74) is 2.88.